The SMILES string of the molecule is O=c1cc(C2CC2)cnn1Cc1cc2nccc(-c3cc(Cl)cc4c3N([C@@H]3CN[C@H](CO)C3)CCC4)c2s1. The van der Waals surface area contributed by atoms with Crippen molar-refractivity contribution in [2.24, 2.45) is 0 Å². The molecule has 0 spiro atoms. The van der Waals surface area contributed by atoms with Gasteiger partial charge in [-0.25, -0.2) is 4.68 Å². The molecule has 1 aromatic carbocycles. The molecule has 0 unspecified atom stereocenters. The summed E-state index contributed by atoms with van der Waals surface area (Å²) in [5.41, 5.74) is 6.71. The fourth-order valence-corrected chi connectivity index (χ4v) is 7.48. The summed E-state index contributed by atoms with van der Waals surface area (Å²) in [4.78, 5) is 21.0. The van der Waals surface area contributed by atoms with Gasteiger partial charge in [-0.3, -0.25) is 9.78 Å². The normalized spacial score (nSPS) is 21.3. The molecule has 4 aromatic rings. The fraction of sp³-hybridized carbons (Fsp3) is 0.414. The molecule has 2 fully saturated rings. The molecule has 1 saturated heterocycles. The van der Waals surface area contributed by atoms with Gasteiger partial charge in [0.25, 0.3) is 5.56 Å². The molecule has 1 saturated carbocycles. The third kappa shape index (κ3) is 4.43. The van der Waals surface area contributed by atoms with Gasteiger partial charge < -0.3 is 15.3 Å². The van der Waals surface area contributed by atoms with Crippen LogP contribution >= 0.6 is 22.9 Å². The minimum absolute atomic E-state index is 0.0500. The van der Waals surface area contributed by atoms with E-state index in [2.05, 4.69) is 44.6 Å². The first-order valence-corrected chi connectivity index (χ1v) is 14.6. The average Bonchev–Trinajstić information content (AvgIpc) is 3.51. The molecule has 2 atom stereocenters. The summed E-state index contributed by atoms with van der Waals surface area (Å²) in [6.45, 7) is 2.44. The van der Waals surface area contributed by atoms with Crippen molar-refractivity contribution >= 4 is 38.8 Å². The van der Waals surface area contributed by atoms with Crippen LogP contribution in [-0.2, 0) is 13.0 Å². The van der Waals surface area contributed by atoms with E-state index < -0.39 is 0 Å². The number of thiophene rings is 1. The third-order valence-corrected chi connectivity index (χ3v) is 9.50. The molecule has 0 amide bonds. The maximum atomic E-state index is 12.7. The molecular formula is C29H30ClN5O2S. The number of pyridine rings is 1. The molecule has 9 heteroatoms. The number of aliphatic hydroxyl groups is 1. The number of benzene rings is 1. The first-order valence-electron chi connectivity index (χ1n) is 13.5. The number of hydrogen-bond donors (Lipinski definition) is 2. The monoisotopic (exact) mass is 547 g/mol. The lowest BCUT2D eigenvalue weighted by atomic mass is 9.92. The van der Waals surface area contributed by atoms with E-state index in [1.807, 2.05) is 12.4 Å². The van der Waals surface area contributed by atoms with Crippen LogP contribution in [0.3, 0.4) is 0 Å². The van der Waals surface area contributed by atoms with E-state index in [0.29, 0.717) is 18.5 Å². The van der Waals surface area contributed by atoms with Gasteiger partial charge in [0.15, 0.2) is 0 Å². The van der Waals surface area contributed by atoms with Crippen LogP contribution in [-0.4, -0.2) is 51.7 Å². The zero-order valence-electron chi connectivity index (χ0n) is 21.1. The quantitative estimate of drug-likeness (QED) is 0.368. The highest BCUT2D eigenvalue weighted by Gasteiger charge is 2.33. The lowest BCUT2D eigenvalue weighted by Gasteiger charge is -2.38. The van der Waals surface area contributed by atoms with Crippen LogP contribution in [0.4, 0.5) is 5.69 Å². The van der Waals surface area contributed by atoms with E-state index in [9.17, 15) is 9.90 Å². The Kier molecular flexibility index (Phi) is 6.23. The number of hydrogen-bond acceptors (Lipinski definition) is 7. The van der Waals surface area contributed by atoms with Crippen molar-refractivity contribution < 1.29 is 5.11 Å². The highest BCUT2D eigenvalue weighted by molar-refractivity contribution is 7.19. The number of nitrogens with one attached hydrogen (secondary N) is 1. The average molecular weight is 548 g/mol. The Morgan fingerprint density at radius 3 is 2.87 bits per heavy atom. The first-order chi connectivity index (χ1) is 18.6. The second-order valence-corrected chi connectivity index (χ2v) is 12.4. The number of aliphatic hydroxyl groups excluding tert-OH is 1. The predicted molar refractivity (Wildman–Crippen MR) is 153 cm³/mol. The largest absolute Gasteiger partial charge is 0.395 e. The van der Waals surface area contributed by atoms with Gasteiger partial charge in [-0.05, 0) is 73.4 Å². The standard InChI is InChI=1S/C29H30ClN5O2S/c30-20-8-18-2-1-7-34(22-11-21(16-36)32-14-22)28(18)25(10-20)24-5-6-31-26-12-23(38-29(24)26)15-35-27(37)9-19(13-33-35)17-3-4-17/h5-6,8-10,12-13,17,21-22,32,36H,1-4,7,11,14-16H2/t21-,22-/m0/s1. The van der Waals surface area contributed by atoms with Crippen LogP contribution in [0.2, 0.25) is 5.02 Å². The molecule has 3 aliphatic rings. The molecule has 0 bridgehead atoms. The maximum absolute atomic E-state index is 12.7. The van der Waals surface area contributed by atoms with E-state index >= 15 is 0 Å². The van der Waals surface area contributed by atoms with Crippen LogP contribution in [0.5, 0.6) is 0 Å². The van der Waals surface area contributed by atoms with Crippen LogP contribution in [0.15, 0.2) is 47.5 Å². The minimum Gasteiger partial charge on any atom is -0.395 e. The molecule has 2 aliphatic heterocycles. The summed E-state index contributed by atoms with van der Waals surface area (Å²) < 4.78 is 2.64. The van der Waals surface area contributed by atoms with E-state index in [0.717, 1.165) is 82.0 Å². The molecular weight excluding hydrogens is 518 g/mol. The van der Waals surface area contributed by atoms with Crippen LogP contribution < -0.4 is 15.8 Å². The Morgan fingerprint density at radius 1 is 1.18 bits per heavy atom. The van der Waals surface area contributed by atoms with Gasteiger partial charge in [-0.1, -0.05) is 11.6 Å². The summed E-state index contributed by atoms with van der Waals surface area (Å²) >= 11 is 8.35. The third-order valence-electron chi connectivity index (χ3n) is 8.14. The van der Waals surface area contributed by atoms with E-state index in [1.165, 1.54) is 11.3 Å². The summed E-state index contributed by atoms with van der Waals surface area (Å²) in [6.07, 6.45) is 9.03. The summed E-state index contributed by atoms with van der Waals surface area (Å²) in [5, 5.41) is 18.4. The van der Waals surface area contributed by atoms with Gasteiger partial charge in [-0.2, -0.15) is 5.10 Å². The first kappa shape index (κ1) is 24.3. The zero-order chi connectivity index (χ0) is 25.8. The van der Waals surface area contributed by atoms with E-state index in [4.69, 9.17) is 11.6 Å². The second-order valence-electron chi connectivity index (χ2n) is 10.8. The Balaban J connectivity index is 1.28. The summed E-state index contributed by atoms with van der Waals surface area (Å²) in [5.74, 6) is 0.513. The van der Waals surface area contributed by atoms with E-state index in [1.54, 1.807) is 22.1 Å². The van der Waals surface area contributed by atoms with Gasteiger partial charge in [0.2, 0.25) is 0 Å². The molecule has 5 heterocycles. The van der Waals surface area contributed by atoms with Gasteiger partial charge in [-0.15, -0.1) is 11.3 Å². The fourth-order valence-electron chi connectivity index (χ4n) is 6.11. The Bertz CT molecular complexity index is 1580. The van der Waals surface area contributed by atoms with Crippen LogP contribution in [0.25, 0.3) is 21.3 Å². The smallest absolute Gasteiger partial charge is 0.267 e. The van der Waals surface area contributed by atoms with Crippen molar-refractivity contribution in [1.29, 1.82) is 0 Å². The number of aromatic nitrogens is 3. The van der Waals surface area contributed by atoms with Gasteiger partial charge >= 0.3 is 0 Å². The van der Waals surface area contributed by atoms with Crippen LogP contribution in [0, 0.1) is 0 Å². The van der Waals surface area contributed by atoms with Crippen molar-refractivity contribution in [3.8, 4) is 11.1 Å². The van der Waals surface area contributed by atoms with Crippen molar-refractivity contribution in [3.63, 3.8) is 0 Å². The second kappa shape index (κ2) is 9.75. The van der Waals surface area contributed by atoms with Gasteiger partial charge in [0.05, 0.1) is 29.6 Å². The Labute approximate surface area is 230 Å². The molecule has 7 nitrogen and oxygen atoms in total. The lowest BCUT2D eigenvalue weighted by molar-refractivity contribution is 0.254. The lowest BCUT2D eigenvalue weighted by Crippen LogP contribution is -2.40. The number of halogens is 1. The van der Waals surface area contributed by atoms with Crippen molar-refractivity contribution in [2.75, 3.05) is 24.6 Å². The number of nitrogens with zero attached hydrogens (tertiary/aromatic N) is 4. The van der Waals surface area contributed by atoms with E-state index in [-0.39, 0.29) is 18.2 Å². The van der Waals surface area contributed by atoms with Gasteiger partial charge in [0, 0.05) is 64.2 Å². The Morgan fingerprint density at radius 2 is 2.08 bits per heavy atom. The molecule has 3 aromatic heterocycles. The van der Waals surface area contributed by atoms with Crippen molar-refractivity contribution in [2.45, 2.75) is 56.7 Å². The zero-order valence-corrected chi connectivity index (χ0v) is 22.6. The van der Waals surface area contributed by atoms with Gasteiger partial charge in [0.1, 0.15) is 0 Å². The highest BCUT2D eigenvalue weighted by atomic mass is 35.5. The predicted octanol–water partition coefficient (Wildman–Crippen LogP) is 4.57. The molecule has 7 rings (SSSR count). The number of rotatable bonds is 6. The maximum Gasteiger partial charge on any atom is 0.267 e. The Hall–Kier alpha value is -2.78. The molecule has 196 valence electrons. The number of anilines is 1. The number of fused-ring (bicyclic) bond motifs is 2. The van der Waals surface area contributed by atoms with Crippen molar-refractivity contribution in [1.82, 2.24) is 20.1 Å². The number of aryl methyl sites for hydroxylation is 1. The molecule has 2 N–H and O–H groups in total. The molecule has 0 radical (unpaired) electrons. The molecule has 1 aliphatic carbocycles. The topological polar surface area (TPSA) is 83.3 Å². The summed E-state index contributed by atoms with van der Waals surface area (Å²) in [7, 11) is 0. The highest BCUT2D eigenvalue weighted by Crippen LogP contribution is 2.45. The van der Waals surface area contributed by atoms with Crippen molar-refractivity contribution in [3.05, 3.63) is 74.1 Å². The minimum atomic E-state index is -0.0500. The summed E-state index contributed by atoms with van der Waals surface area (Å²) in [6, 6.07) is 10.6. The molecule has 38 heavy (non-hydrogen) atoms. The van der Waals surface area contributed by atoms with Crippen LogP contribution in [0.1, 0.15) is 47.6 Å².